The summed E-state index contributed by atoms with van der Waals surface area (Å²) in [6.45, 7) is 0. The van der Waals surface area contributed by atoms with Crippen LogP contribution in [-0.2, 0) is 0 Å². The fraction of sp³-hybridized carbons (Fsp3) is 0.222. The number of hydrogen-bond acceptors (Lipinski definition) is 0. The SMILES string of the molecule is C[N+](C)=Cc1ccccc1.[Cl-]. The van der Waals surface area contributed by atoms with Crippen molar-refractivity contribution in [3.8, 4) is 0 Å². The molecule has 0 spiro atoms. The minimum absolute atomic E-state index is 0. The highest BCUT2D eigenvalue weighted by Crippen LogP contribution is 1.92. The van der Waals surface area contributed by atoms with Gasteiger partial charge in [-0.3, -0.25) is 0 Å². The predicted molar refractivity (Wildman–Crippen MR) is 43.7 cm³/mol. The van der Waals surface area contributed by atoms with Gasteiger partial charge in [-0.2, -0.15) is 0 Å². The Balaban J connectivity index is 0.000001000. The van der Waals surface area contributed by atoms with E-state index in [-0.39, 0.29) is 12.4 Å². The van der Waals surface area contributed by atoms with Gasteiger partial charge in [0.15, 0.2) is 6.21 Å². The molecule has 1 aromatic carbocycles. The van der Waals surface area contributed by atoms with E-state index in [0.717, 1.165) is 0 Å². The van der Waals surface area contributed by atoms with Crippen LogP contribution in [0, 0.1) is 0 Å². The molecule has 0 aromatic heterocycles. The first-order chi connectivity index (χ1) is 4.79. The van der Waals surface area contributed by atoms with Crippen molar-refractivity contribution in [1.82, 2.24) is 0 Å². The number of halogens is 1. The molecular formula is C9H12ClN. The molecule has 0 aliphatic carbocycles. The summed E-state index contributed by atoms with van der Waals surface area (Å²) in [4.78, 5) is 0. The van der Waals surface area contributed by atoms with Gasteiger partial charge in [0.2, 0.25) is 0 Å². The average Bonchev–Trinajstić information content (AvgIpc) is 1.88. The van der Waals surface area contributed by atoms with Gasteiger partial charge in [-0.15, -0.1) is 0 Å². The summed E-state index contributed by atoms with van der Waals surface area (Å²) in [6, 6.07) is 10.3. The molecule has 0 heterocycles. The first-order valence-electron chi connectivity index (χ1n) is 3.35. The van der Waals surface area contributed by atoms with Gasteiger partial charge in [-0.1, -0.05) is 18.2 Å². The molecular weight excluding hydrogens is 158 g/mol. The van der Waals surface area contributed by atoms with Crippen LogP contribution in [0.25, 0.3) is 0 Å². The van der Waals surface area contributed by atoms with E-state index in [1.807, 2.05) is 36.9 Å². The van der Waals surface area contributed by atoms with Crippen molar-refractivity contribution in [1.29, 1.82) is 0 Å². The first-order valence-corrected chi connectivity index (χ1v) is 3.35. The lowest BCUT2D eigenvalue weighted by Crippen LogP contribution is -3.00. The van der Waals surface area contributed by atoms with Crippen LogP contribution in [0.5, 0.6) is 0 Å². The van der Waals surface area contributed by atoms with Gasteiger partial charge in [0, 0.05) is 5.56 Å². The van der Waals surface area contributed by atoms with Crippen LogP contribution in [0.3, 0.4) is 0 Å². The summed E-state index contributed by atoms with van der Waals surface area (Å²) >= 11 is 0. The highest BCUT2D eigenvalue weighted by Gasteiger charge is 1.87. The van der Waals surface area contributed by atoms with Crippen molar-refractivity contribution in [2.24, 2.45) is 0 Å². The van der Waals surface area contributed by atoms with Gasteiger partial charge in [-0.05, 0) is 12.1 Å². The highest BCUT2D eigenvalue weighted by molar-refractivity contribution is 5.75. The van der Waals surface area contributed by atoms with Crippen molar-refractivity contribution >= 4 is 6.21 Å². The Kier molecular flexibility index (Phi) is 4.55. The van der Waals surface area contributed by atoms with Crippen LogP contribution in [0.2, 0.25) is 0 Å². The van der Waals surface area contributed by atoms with Crippen LogP contribution in [0.15, 0.2) is 30.3 Å². The van der Waals surface area contributed by atoms with Gasteiger partial charge < -0.3 is 12.4 Å². The normalized spacial score (nSPS) is 8.18. The molecule has 0 saturated heterocycles. The fourth-order valence-electron chi connectivity index (χ4n) is 0.837. The molecule has 0 saturated carbocycles. The van der Waals surface area contributed by atoms with Gasteiger partial charge in [-0.25, -0.2) is 4.58 Å². The minimum atomic E-state index is 0. The van der Waals surface area contributed by atoms with E-state index < -0.39 is 0 Å². The maximum atomic E-state index is 2.08. The molecule has 1 nitrogen and oxygen atoms in total. The quantitative estimate of drug-likeness (QED) is 0.351. The summed E-state index contributed by atoms with van der Waals surface area (Å²) in [5.41, 5.74) is 1.24. The lowest BCUT2D eigenvalue weighted by Gasteiger charge is -1.87. The largest absolute Gasteiger partial charge is 1.00 e. The Morgan fingerprint density at radius 3 is 2.09 bits per heavy atom. The minimum Gasteiger partial charge on any atom is -1.00 e. The molecule has 11 heavy (non-hydrogen) atoms. The van der Waals surface area contributed by atoms with Crippen LogP contribution in [0.4, 0.5) is 0 Å². The van der Waals surface area contributed by atoms with E-state index in [4.69, 9.17) is 0 Å². The van der Waals surface area contributed by atoms with Crippen molar-refractivity contribution in [3.05, 3.63) is 35.9 Å². The lowest BCUT2D eigenvalue weighted by atomic mass is 10.2. The number of nitrogens with zero attached hydrogens (tertiary/aromatic N) is 1. The Hall–Kier alpha value is -0.820. The van der Waals surface area contributed by atoms with Gasteiger partial charge in [0.1, 0.15) is 14.1 Å². The Labute approximate surface area is 73.8 Å². The van der Waals surface area contributed by atoms with Gasteiger partial charge >= 0.3 is 0 Å². The van der Waals surface area contributed by atoms with E-state index in [9.17, 15) is 0 Å². The Morgan fingerprint density at radius 2 is 1.64 bits per heavy atom. The van der Waals surface area contributed by atoms with E-state index in [2.05, 4.69) is 18.3 Å². The summed E-state index contributed by atoms with van der Waals surface area (Å²) in [7, 11) is 4.04. The third-order valence-electron chi connectivity index (χ3n) is 1.21. The zero-order chi connectivity index (χ0) is 7.40. The molecule has 2 heteroatoms. The third kappa shape index (κ3) is 3.79. The van der Waals surface area contributed by atoms with Gasteiger partial charge in [0.05, 0.1) is 0 Å². The Bertz CT molecular complexity index is 225. The molecule has 0 aliphatic heterocycles. The monoisotopic (exact) mass is 169 g/mol. The molecule has 0 N–H and O–H groups in total. The molecule has 1 rings (SSSR count). The van der Waals surface area contributed by atoms with Crippen molar-refractivity contribution < 1.29 is 17.0 Å². The lowest BCUT2D eigenvalue weighted by molar-refractivity contribution is -0.458. The summed E-state index contributed by atoms with van der Waals surface area (Å²) < 4.78 is 2.04. The van der Waals surface area contributed by atoms with Crippen molar-refractivity contribution in [2.45, 2.75) is 0 Å². The maximum absolute atomic E-state index is 2.08. The average molecular weight is 170 g/mol. The predicted octanol–water partition coefficient (Wildman–Crippen LogP) is -1.62. The number of hydrogen-bond donors (Lipinski definition) is 0. The van der Waals surface area contributed by atoms with Crippen LogP contribution < -0.4 is 12.4 Å². The third-order valence-corrected chi connectivity index (χ3v) is 1.21. The standard InChI is InChI=1S/C9H12N.ClH/c1-10(2)8-9-6-4-3-5-7-9;/h3-8H,1-2H3;1H/q+1;/p-1. The van der Waals surface area contributed by atoms with E-state index in [0.29, 0.717) is 0 Å². The summed E-state index contributed by atoms with van der Waals surface area (Å²) in [5, 5.41) is 0. The van der Waals surface area contributed by atoms with Crippen LogP contribution in [-0.4, -0.2) is 24.9 Å². The highest BCUT2D eigenvalue weighted by atomic mass is 35.5. The zero-order valence-corrected chi connectivity index (χ0v) is 7.55. The topological polar surface area (TPSA) is 3.01 Å². The summed E-state index contributed by atoms with van der Waals surface area (Å²) in [6.07, 6.45) is 2.08. The Morgan fingerprint density at radius 1 is 1.09 bits per heavy atom. The second kappa shape index (κ2) is 4.91. The maximum Gasteiger partial charge on any atom is 0.170 e. The molecule has 0 aliphatic rings. The van der Waals surface area contributed by atoms with Gasteiger partial charge in [0.25, 0.3) is 0 Å². The first kappa shape index (κ1) is 10.2. The van der Waals surface area contributed by atoms with Crippen LogP contribution >= 0.6 is 0 Å². The smallest absolute Gasteiger partial charge is 0.170 e. The fourth-order valence-corrected chi connectivity index (χ4v) is 0.837. The molecule has 0 amide bonds. The molecule has 0 radical (unpaired) electrons. The second-order valence-corrected chi connectivity index (χ2v) is 2.50. The molecule has 0 atom stereocenters. The summed E-state index contributed by atoms with van der Waals surface area (Å²) in [5.74, 6) is 0. The molecule has 0 unspecified atom stereocenters. The van der Waals surface area contributed by atoms with Crippen LogP contribution in [0.1, 0.15) is 5.56 Å². The van der Waals surface area contributed by atoms with E-state index in [1.54, 1.807) is 0 Å². The molecule has 0 fully saturated rings. The number of benzene rings is 1. The molecule has 1 aromatic rings. The molecule has 0 bridgehead atoms. The zero-order valence-electron chi connectivity index (χ0n) is 6.79. The van der Waals surface area contributed by atoms with Crippen molar-refractivity contribution in [3.63, 3.8) is 0 Å². The van der Waals surface area contributed by atoms with E-state index in [1.165, 1.54) is 5.56 Å². The van der Waals surface area contributed by atoms with Crippen molar-refractivity contribution in [2.75, 3.05) is 14.1 Å². The second-order valence-electron chi connectivity index (χ2n) is 2.50. The van der Waals surface area contributed by atoms with E-state index >= 15 is 0 Å². The molecule has 60 valence electrons. The number of rotatable bonds is 1.